The number of amides is 1. The lowest BCUT2D eigenvalue weighted by Gasteiger charge is -2.06. The van der Waals surface area contributed by atoms with Gasteiger partial charge in [0.05, 0.1) is 0 Å². The first-order valence-corrected chi connectivity index (χ1v) is 6.19. The third-order valence-electron chi connectivity index (χ3n) is 0.643. The summed E-state index contributed by atoms with van der Waals surface area (Å²) in [5, 5.41) is 2.30. The van der Waals surface area contributed by atoms with E-state index < -0.39 is 5.69 Å². The van der Waals surface area contributed by atoms with Gasteiger partial charge >= 0.3 is 0 Å². The lowest BCUT2D eigenvalue weighted by Crippen LogP contribution is -2.22. The first-order valence-electron chi connectivity index (χ1n) is 2.36. The Bertz CT molecular complexity index is 167. The highest BCUT2D eigenvalue weighted by atomic mass is 32.9. The quantitative estimate of drug-likeness (QED) is 0.440. The first kappa shape index (κ1) is 10.4. The predicted octanol–water partition coefficient (Wildman–Crippen LogP) is -0.104. The highest BCUT2D eigenvalue weighted by Gasteiger charge is 2.07. The maximum Gasteiger partial charge on any atom is 0.246 e. The number of thiol groups is 1. The third-order valence-corrected chi connectivity index (χ3v) is 1.77. The molecular weight excluding hydrogens is 193 g/mol. The molecule has 0 fully saturated rings. The molecule has 1 amide bonds. The number of hydrogen-bond donors (Lipinski definition) is 3. The summed E-state index contributed by atoms with van der Waals surface area (Å²) in [5.74, 6) is -0.336. The summed E-state index contributed by atoms with van der Waals surface area (Å²) in [6.45, 7) is -0.242. The Balaban J connectivity index is 3.56. The number of likely N-dealkylation sites (N-methyl/N-ethyl adjacent to an activating group) is 1. The number of carbonyl (C=O) groups excluding carboxylic acids is 1. The molecule has 0 bridgehead atoms. The zero-order valence-corrected chi connectivity index (χ0v) is 7.88. The van der Waals surface area contributed by atoms with Crippen molar-refractivity contribution in [3.8, 4) is 0 Å². The summed E-state index contributed by atoms with van der Waals surface area (Å²) in [5.41, 5.74) is -2.97. The molecular formula is C3H8NO3PS2. The standard InChI is InChI=1S/C3H8NO3PS2/c1-4-3(5)2-7-8(6,9)10/h2H2,1H3,(H,4,5)(H2,6,9,10). The van der Waals surface area contributed by atoms with Crippen molar-refractivity contribution < 1.29 is 14.2 Å². The minimum absolute atomic E-state index is 0.242. The lowest BCUT2D eigenvalue weighted by atomic mass is 10.7. The molecule has 4 nitrogen and oxygen atoms in total. The van der Waals surface area contributed by atoms with Gasteiger partial charge in [-0.15, -0.1) is 0 Å². The van der Waals surface area contributed by atoms with Crippen LogP contribution in [0.4, 0.5) is 0 Å². The number of carbonyl (C=O) groups is 1. The number of hydrogen-bond acceptors (Lipinski definition) is 3. The second-order valence-electron chi connectivity index (χ2n) is 1.44. The predicted molar refractivity (Wildman–Crippen MR) is 45.5 cm³/mol. The van der Waals surface area contributed by atoms with Gasteiger partial charge in [-0.25, -0.2) is 0 Å². The van der Waals surface area contributed by atoms with E-state index >= 15 is 0 Å². The van der Waals surface area contributed by atoms with Crippen LogP contribution in [-0.2, 0) is 21.1 Å². The Labute approximate surface area is 69.3 Å². The van der Waals surface area contributed by atoms with Crippen LogP contribution in [0.25, 0.3) is 0 Å². The molecule has 0 saturated heterocycles. The fourth-order valence-electron chi connectivity index (χ4n) is 0.215. The third kappa shape index (κ3) is 6.51. The molecule has 0 spiro atoms. The molecule has 0 heterocycles. The summed E-state index contributed by atoms with van der Waals surface area (Å²) in [6.07, 6.45) is 0. The minimum atomic E-state index is -2.97. The second kappa shape index (κ2) is 4.31. The van der Waals surface area contributed by atoms with Gasteiger partial charge in [0.1, 0.15) is 6.61 Å². The van der Waals surface area contributed by atoms with E-state index in [9.17, 15) is 4.79 Å². The molecule has 0 aliphatic carbocycles. The molecule has 0 saturated carbocycles. The fraction of sp³-hybridized carbons (Fsp3) is 0.667. The van der Waals surface area contributed by atoms with Crippen molar-refractivity contribution in [2.45, 2.75) is 0 Å². The summed E-state index contributed by atoms with van der Waals surface area (Å²) in [4.78, 5) is 19.2. The molecule has 10 heavy (non-hydrogen) atoms. The highest BCUT2D eigenvalue weighted by molar-refractivity contribution is 8.59. The van der Waals surface area contributed by atoms with E-state index in [0.717, 1.165) is 0 Å². The SMILES string of the molecule is CNC(=O)COP(O)(=S)S. The largest absolute Gasteiger partial charge is 0.357 e. The Hall–Kier alpha value is 0.390. The Morgan fingerprint density at radius 3 is 2.80 bits per heavy atom. The van der Waals surface area contributed by atoms with Crippen LogP contribution in [0.5, 0.6) is 0 Å². The maximum absolute atomic E-state index is 10.4. The molecule has 60 valence electrons. The van der Waals surface area contributed by atoms with Crippen molar-refractivity contribution in [2.24, 2.45) is 0 Å². The summed E-state index contributed by atoms with van der Waals surface area (Å²) < 4.78 is 4.52. The molecule has 0 aliphatic heterocycles. The van der Waals surface area contributed by atoms with Crippen molar-refractivity contribution in [1.29, 1.82) is 0 Å². The van der Waals surface area contributed by atoms with E-state index in [0.29, 0.717) is 0 Å². The van der Waals surface area contributed by atoms with E-state index in [-0.39, 0.29) is 12.5 Å². The summed E-state index contributed by atoms with van der Waals surface area (Å²) in [6, 6.07) is 0. The highest BCUT2D eigenvalue weighted by Crippen LogP contribution is 2.46. The van der Waals surface area contributed by atoms with Crippen molar-refractivity contribution in [3.05, 3.63) is 0 Å². The Morgan fingerprint density at radius 1 is 2.00 bits per heavy atom. The van der Waals surface area contributed by atoms with Crippen molar-refractivity contribution in [3.63, 3.8) is 0 Å². The van der Waals surface area contributed by atoms with Crippen LogP contribution in [0.3, 0.4) is 0 Å². The van der Waals surface area contributed by atoms with Crippen LogP contribution in [-0.4, -0.2) is 24.5 Å². The van der Waals surface area contributed by atoms with E-state index in [2.05, 4.69) is 33.9 Å². The van der Waals surface area contributed by atoms with Crippen molar-refractivity contribution in [2.75, 3.05) is 13.7 Å². The molecule has 0 rings (SSSR count). The first-order chi connectivity index (χ1) is 4.45. The molecule has 1 unspecified atom stereocenters. The fourth-order valence-corrected chi connectivity index (χ4v) is 0.832. The van der Waals surface area contributed by atoms with E-state index in [1.165, 1.54) is 7.05 Å². The van der Waals surface area contributed by atoms with Gasteiger partial charge in [0.2, 0.25) is 11.6 Å². The average molecular weight is 201 g/mol. The van der Waals surface area contributed by atoms with Gasteiger partial charge in [-0.2, -0.15) is 0 Å². The van der Waals surface area contributed by atoms with Crippen molar-refractivity contribution in [1.82, 2.24) is 5.32 Å². The summed E-state index contributed by atoms with van der Waals surface area (Å²) in [7, 11) is 1.46. The van der Waals surface area contributed by atoms with Gasteiger partial charge in [0.15, 0.2) is 0 Å². The average Bonchev–Trinajstić information content (AvgIpc) is 1.81. The summed E-state index contributed by atoms with van der Waals surface area (Å²) >= 11 is 7.93. The van der Waals surface area contributed by atoms with Gasteiger partial charge in [0.25, 0.3) is 0 Å². The number of nitrogens with one attached hydrogen (secondary N) is 1. The monoisotopic (exact) mass is 201 g/mol. The van der Waals surface area contributed by atoms with Crippen LogP contribution >= 0.6 is 17.9 Å². The van der Waals surface area contributed by atoms with E-state index in [1.807, 2.05) is 0 Å². The molecule has 2 N–H and O–H groups in total. The van der Waals surface area contributed by atoms with Crippen LogP contribution < -0.4 is 5.32 Å². The van der Waals surface area contributed by atoms with E-state index in [1.54, 1.807) is 0 Å². The van der Waals surface area contributed by atoms with Crippen LogP contribution in [0.15, 0.2) is 0 Å². The normalized spacial score (nSPS) is 15.9. The minimum Gasteiger partial charge on any atom is -0.357 e. The Morgan fingerprint density at radius 2 is 2.50 bits per heavy atom. The van der Waals surface area contributed by atoms with Crippen LogP contribution in [0.2, 0.25) is 0 Å². The zero-order valence-electron chi connectivity index (χ0n) is 5.27. The topological polar surface area (TPSA) is 58.6 Å². The van der Waals surface area contributed by atoms with Gasteiger partial charge < -0.3 is 14.7 Å². The van der Waals surface area contributed by atoms with Gasteiger partial charge in [-0.3, -0.25) is 4.79 Å². The van der Waals surface area contributed by atoms with Crippen molar-refractivity contribution >= 4 is 35.7 Å². The zero-order chi connectivity index (χ0) is 8.20. The molecule has 0 radical (unpaired) electrons. The molecule has 1 atom stereocenters. The van der Waals surface area contributed by atoms with Gasteiger partial charge in [-0.05, 0) is 11.8 Å². The smallest absolute Gasteiger partial charge is 0.246 e. The lowest BCUT2D eigenvalue weighted by molar-refractivity contribution is -0.122. The van der Waals surface area contributed by atoms with E-state index in [4.69, 9.17) is 4.89 Å². The van der Waals surface area contributed by atoms with Crippen LogP contribution in [0.1, 0.15) is 0 Å². The van der Waals surface area contributed by atoms with Crippen LogP contribution in [0, 0.1) is 0 Å². The maximum atomic E-state index is 10.4. The molecule has 0 aromatic heterocycles. The number of rotatable bonds is 3. The van der Waals surface area contributed by atoms with Gasteiger partial charge in [0, 0.05) is 7.05 Å². The molecule has 7 heteroatoms. The molecule has 0 aliphatic rings. The molecule has 0 aromatic rings. The second-order valence-corrected chi connectivity index (χ2v) is 6.60. The Kier molecular flexibility index (Phi) is 4.47. The molecule has 0 aromatic carbocycles. The van der Waals surface area contributed by atoms with Gasteiger partial charge in [-0.1, -0.05) is 12.2 Å².